The summed E-state index contributed by atoms with van der Waals surface area (Å²) in [5, 5.41) is 19.7. The Morgan fingerprint density at radius 2 is 1.03 bits per heavy atom. The van der Waals surface area contributed by atoms with Gasteiger partial charge in [-0.05, 0) is 130 Å². The summed E-state index contributed by atoms with van der Waals surface area (Å²) >= 11 is 27.3. The smallest absolute Gasteiger partial charge is 0.435 e. The minimum absolute atomic E-state index is 0. The summed E-state index contributed by atoms with van der Waals surface area (Å²) in [6.07, 6.45) is -10.7. The van der Waals surface area contributed by atoms with E-state index in [9.17, 15) is 35.9 Å². The number of carboxylic acid groups (broad SMARTS) is 1. The normalized spacial score (nSPS) is 20.3. The van der Waals surface area contributed by atoms with Gasteiger partial charge in [0.05, 0.1) is 22.5 Å². The standard InChI is InChI=1S/C22H19Cl2F3N2O2S.C18H12Cl2F3NO3.C6H15N.C4H9NS.CH4/c1-12-5-13(3-4-17(12)19(30)28-20(2)10-32-11-20)18-9-21(31-29-18,22(25,26)27)14-6-15(23)8-16(24)7-14;1-9-4-10(2-3-14(9)16(25)26)15-8-17(27-24-15,18(21,22)23)11-5-12(19)7-13(20)6-11;1-4-7(5-2)6-3;1-4(5)2-6-3-4;/h3-8H,9-11H2,1-2H3,(H,28,30);2-7H,8H2,1H3,(H,25,26);4-6H2,1-3H3;2-3,5H2,1H3;1H4. The lowest BCUT2D eigenvalue weighted by molar-refractivity contribution is -0.276. The number of halogens is 10. The lowest BCUT2D eigenvalue weighted by Crippen LogP contribution is -2.55. The van der Waals surface area contributed by atoms with Crippen LogP contribution in [0, 0.1) is 13.8 Å². The monoisotopic (exact) mass is 1140 g/mol. The van der Waals surface area contributed by atoms with Crippen LogP contribution in [-0.2, 0) is 20.9 Å². The van der Waals surface area contributed by atoms with Gasteiger partial charge in [0, 0.05) is 78.2 Å². The second-order valence-corrected chi connectivity index (χ2v) is 21.9. The van der Waals surface area contributed by atoms with Crippen LogP contribution in [0.1, 0.15) is 109 Å². The molecular weight excluding hydrogens is 1080 g/mol. The number of nitrogens with two attached hydrogens (primary N) is 1. The van der Waals surface area contributed by atoms with Gasteiger partial charge >= 0.3 is 18.3 Å². The van der Waals surface area contributed by atoms with E-state index in [2.05, 4.69) is 48.2 Å². The van der Waals surface area contributed by atoms with E-state index in [0.29, 0.717) is 27.8 Å². The summed E-state index contributed by atoms with van der Waals surface area (Å²) in [6.45, 7) is 17.5. The van der Waals surface area contributed by atoms with Gasteiger partial charge in [-0.1, -0.05) is 97.0 Å². The van der Waals surface area contributed by atoms with Crippen molar-refractivity contribution in [3.63, 3.8) is 0 Å². The second-order valence-electron chi connectivity index (χ2n) is 18.2. The molecule has 4 heterocycles. The van der Waals surface area contributed by atoms with Gasteiger partial charge in [0.25, 0.3) is 17.1 Å². The number of thioether (sulfide) groups is 2. The van der Waals surface area contributed by atoms with Crippen molar-refractivity contribution < 1.29 is 50.7 Å². The van der Waals surface area contributed by atoms with E-state index < -0.39 is 42.4 Å². The van der Waals surface area contributed by atoms with Crippen LogP contribution >= 0.6 is 69.9 Å². The molecule has 0 radical (unpaired) electrons. The van der Waals surface area contributed by atoms with Crippen LogP contribution in [0.4, 0.5) is 26.3 Å². The molecule has 4 aliphatic heterocycles. The Morgan fingerprint density at radius 3 is 1.29 bits per heavy atom. The number of alkyl halides is 6. The quantitative estimate of drug-likeness (QED) is 0.132. The van der Waals surface area contributed by atoms with E-state index in [1.807, 2.05) is 18.7 Å². The van der Waals surface area contributed by atoms with Gasteiger partial charge < -0.3 is 30.7 Å². The van der Waals surface area contributed by atoms with Crippen LogP contribution in [0.3, 0.4) is 0 Å². The van der Waals surface area contributed by atoms with Crippen molar-refractivity contribution in [2.45, 2.75) is 103 Å². The second kappa shape index (κ2) is 24.9. The van der Waals surface area contributed by atoms with Crippen molar-refractivity contribution in [1.29, 1.82) is 0 Å². The molecule has 10 nitrogen and oxygen atoms in total. The average molecular weight is 1140 g/mol. The third-order valence-electron chi connectivity index (χ3n) is 12.1. The first kappa shape index (κ1) is 61.7. The zero-order valence-electron chi connectivity index (χ0n) is 40.4. The Bertz CT molecular complexity index is 2630. The average Bonchev–Trinajstić information content (AvgIpc) is 3.94. The Labute approximate surface area is 451 Å². The fourth-order valence-corrected chi connectivity index (χ4v) is 10.6. The summed E-state index contributed by atoms with van der Waals surface area (Å²) in [4.78, 5) is 36.1. The highest BCUT2D eigenvalue weighted by molar-refractivity contribution is 8.01. The summed E-state index contributed by atoms with van der Waals surface area (Å²) in [5.74, 6) is 2.65. The minimum Gasteiger partial charge on any atom is -0.478 e. The molecule has 2 saturated heterocycles. The van der Waals surface area contributed by atoms with Gasteiger partial charge in [-0.2, -0.15) is 49.9 Å². The lowest BCUT2D eigenvalue weighted by atomic mass is 9.86. The Balaban J connectivity index is 0.000000253. The third kappa shape index (κ3) is 15.0. The van der Waals surface area contributed by atoms with Crippen LogP contribution < -0.4 is 11.1 Å². The maximum Gasteiger partial charge on any atom is 0.435 e. The van der Waals surface area contributed by atoms with Crippen LogP contribution in [-0.4, -0.2) is 99.4 Å². The number of carbonyl (C=O) groups is 2. The number of carboxylic acids is 1. The van der Waals surface area contributed by atoms with Crippen molar-refractivity contribution in [2.24, 2.45) is 16.0 Å². The van der Waals surface area contributed by atoms with E-state index in [0.717, 1.165) is 35.1 Å². The fourth-order valence-electron chi connectivity index (χ4n) is 7.79. The first-order chi connectivity index (χ1) is 33.5. The summed E-state index contributed by atoms with van der Waals surface area (Å²) < 4.78 is 84.3. The van der Waals surface area contributed by atoms with Crippen LogP contribution in [0.5, 0.6) is 0 Å². The molecule has 22 heteroatoms. The Kier molecular flexibility index (Phi) is 21.0. The van der Waals surface area contributed by atoms with E-state index in [4.69, 9.17) is 66.9 Å². The number of nitrogens with one attached hydrogen (secondary N) is 1. The molecule has 4 aromatic carbocycles. The molecule has 8 rings (SSSR count). The topological polar surface area (TPSA) is 139 Å². The van der Waals surface area contributed by atoms with E-state index in [1.54, 1.807) is 43.8 Å². The number of benzene rings is 4. The summed E-state index contributed by atoms with van der Waals surface area (Å²) in [5.41, 5.74) is 2.16. The van der Waals surface area contributed by atoms with Crippen molar-refractivity contribution in [2.75, 3.05) is 42.6 Å². The number of nitrogens with zero attached hydrogens (tertiary/aromatic N) is 3. The highest BCUT2D eigenvalue weighted by atomic mass is 35.5. The molecule has 4 aliphatic rings. The largest absolute Gasteiger partial charge is 0.478 e. The first-order valence-corrected chi connectivity index (χ1v) is 26.3. The molecule has 0 spiro atoms. The SMILES string of the molecule is C.CC1(N)CSC1.CCN(CC)CC.Cc1cc(C2=NOC(c3cc(Cl)cc(Cl)c3)(C(F)(F)F)C2)ccc1C(=O)NC1(C)CSC1.Cc1cc(C2=NOC(c3cc(Cl)cc(Cl)c3)(C(F)(F)F)C2)ccc1C(=O)O. The van der Waals surface area contributed by atoms with Crippen molar-refractivity contribution >= 4 is 93.2 Å². The van der Waals surface area contributed by atoms with Gasteiger partial charge in [0.15, 0.2) is 0 Å². The number of oxime groups is 2. The van der Waals surface area contributed by atoms with Crippen molar-refractivity contribution in [3.8, 4) is 0 Å². The van der Waals surface area contributed by atoms with Gasteiger partial charge in [-0.15, -0.1) is 0 Å². The molecule has 2 unspecified atom stereocenters. The maximum atomic E-state index is 14.2. The molecule has 4 aromatic rings. The molecule has 2 atom stereocenters. The molecule has 0 aromatic heterocycles. The predicted octanol–water partition coefficient (Wildman–Crippen LogP) is 14.1. The van der Waals surface area contributed by atoms with Crippen LogP contribution in [0.25, 0.3) is 0 Å². The van der Waals surface area contributed by atoms with Gasteiger partial charge in [0.1, 0.15) is 0 Å². The number of hydrogen-bond acceptors (Lipinski definition) is 10. The number of aromatic carboxylic acids is 1. The molecular formula is C51H59Cl4F6N5O5S2. The zero-order chi connectivity index (χ0) is 53.6. The molecule has 1 amide bonds. The maximum absolute atomic E-state index is 14.2. The molecule has 0 saturated carbocycles. The summed E-state index contributed by atoms with van der Waals surface area (Å²) in [6, 6.07) is 16.3. The predicted molar refractivity (Wildman–Crippen MR) is 285 cm³/mol. The van der Waals surface area contributed by atoms with Gasteiger partial charge in [-0.25, -0.2) is 4.79 Å². The fraction of sp³-hybridized carbons (Fsp3) is 0.451. The highest BCUT2D eigenvalue weighted by Gasteiger charge is 2.63. The number of rotatable bonds is 10. The van der Waals surface area contributed by atoms with E-state index in [-0.39, 0.29) is 72.6 Å². The summed E-state index contributed by atoms with van der Waals surface area (Å²) in [7, 11) is 0. The van der Waals surface area contributed by atoms with Crippen molar-refractivity contribution in [1.82, 2.24) is 10.2 Å². The minimum atomic E-state index is -4.79. The molecule has 400 valence electrons. The van der Waals surface area contributed by atoms with Gasteiger partial charge in [-0.3, -0.25) is 4.79 Å². The van der Waals surface area contributed by atoms with Gasteiger partial charge in [0.2, 0.25) is 0 Å². The Hall–Kier alpha value is -3.88. The van der Waals surface area contributed by atoms with Crippen molar-refractivity contribution in [3.05, 3.63) is 137 Å². The number of hydrogen-bond donors (Lipinski definition) is 3. The Morgan fingerprint density at radius 1 is 0.671 bits per heavy atom. The number of amides is 1. The third-order valence-corrected chi connectivity index (χ3v) is 16.4. The van der Waals surface area contributed by atoms with Crippen LogP contribution in [0.2, 0.25) is 20.1 Å². The molecule has 4 N–H and O–H groups in total. The molecule has 0 aliphatic carbocycles. The van der Waals surface area contributed by atoms with E-state index in [1.165, 1.54) is 62.1 Å². The molecule has 0 bridgehead atoms. The molecule has 73 heavy (non-hydrogen) atoms. The number of aryl methyl sites for hydroxylation is 2. The molecule has 2 fully saturated rings. The lowest BCUT2D eigenvalue weighted by Gasteiger charge is -2.38. The zero-order valence-corrected chi connectivity index (χ0v) is 45.0. The highest BCUT2D eigenvalue weighted by Crippen LogP contribution is 2.51. The number of carbonyl (C=O) groups excluding carboxylic acids is 1. The first-order valence-electron chi connectivity index (χ1n) is 22.5. The van der Waals surface area contributed by atoms with Crippen LogP contribution in [0.15, 0.2) is 83.1 Å². The van der Waals surface area contributed by atoms with E-state index >= 15 is 0 Å².